The molecule has 1 aliphatic carbocycles. The smallest absolute Gasteiger partial charge is 0.335 e. The Morgan fingerprint density at radius 1 is 1.08 bits per heavy atom. The number of likely N-dealkylation sites (tertiary alicyclic amines) is 1. The lowest BCUT2D eigenvalue weighted by Crippen LogP contribution is -2.47. The predicted molar refractivity (Wildman–Crippen MR) is 92.2 cm³/mol. The average molecular weight is 344 g/mol. The second-order valence-electron chi connectivity index (χ2n) is 6.90. The van der Waals surface area contributed by atoms with Crippen molar-refractivity contribution in [1.29, 1.82) is 0 Å². The Bertz CT molecular complexity index is 661. The van der Waals surface area contributed by atoms with Crippen LogP contribution in [0.5, 0.6) is 0 Å². The van der Waals surface area contributed by atoms with E-state index in [0.29, 0.717) is 25.1 Å². The summed E-state index contributed by atoms with van der Waals surface area (Å²) in [7, 11) is 0. The highest BCUT2D eigenvalue weighted by atomic mass is 16.4. The summed E-state index contributed by atoms with van der Waals surface area (Å²) < 4.78 is 0. The number of benzene rings is 1. The number of hydrogen-bond donors (Lipinski definition) is 2. The van der Waals surface area contributed by atoms with Crippen LogP contribution in [-0.4, -0.2) is 46.9 Å². The van der Waals surface area contributed by atoms with Crippen molar-refractivity contribution in [1.82, 2.24) is 10.2 Å². The molecule has 1 saturated heterocycles. The number of rotatable bonds is 6. The molecule has 0 spiro atoms. The summed E-state index contributed by atoms with van der Waals surface area (Å²) in [5, 5.41) is 12.2. The van der Waals surface area contributed by atoms with Crippen molar-refractivity contribution in [3.05, 3.63) is 35.4 Å². The highest BCUT2D eigenvalue weighted by Crippen LogP contribution is 2.31. The zero-order valence-electron chi connectivity index (χ0n) is 14.2. The lowest BCUT2D eigenvalue weighted by molar-refractivity contribution is -0.133. The van der Waals surface area contributed by atoms with Crippen molar-refractivity contribution in [2.45, 2.75) is 44.6 Å². The molecule has 1 saturated carbocycles. The van der Waals surface area contributed by atoms with Gasteiger partial charge in [0.1, 0.15) is 0 Å². The Morgan fingerprint density at radius 3 is 2.40 bits per heavy atom. The minimum atomic E-state index is -0.969. The van der Waals surface area contributed by atoms with Crippen LogP contribution in [-0.2, 0) is 16.0 Å². The van der Waals surface area contributed by atoms with Gasteiger partial charge in [0, 0.05) is 31.5 Å². The van der Waals surface area contributed by atoms with E-state index in [1.54, 1.807) is 24.3 Å². The van der Waals surface area contributed by atoms with E-state index < -0.39 is 5.97 Å². The number of aryl methyl sites for hydroxylation is 1. The molecule has 6 nitrogen and oxygen atoms in total. The first kappa shape index (κ1) is 17.5. The second-order valence-corrected chi connectivity index (χ2v) is 6.90. The molecule has 2 fully saturated rings. The molecule has 0 unspecified atom stereocenters. The van der Waals surface area contributed by atoms with Crippen LogP contribution in [0.4, 0.5) is 0 Å². The number of carbonyl (C=O) groups is 3. The summed E-state index contributed by atoms with van der Waals surface area (Å²) in [5.74, 6) is -0.508. The van der Waals surface area contributed by atoms with Crippen LogP contribution in [0.15, 0.2) is 24.3 Å². The molecule has 0 aromatic heterocycles. The molecule has 0 radical (unpaired) electrons. The van der Waals surface area contributed by atoms with Gasteiger partial charge in [0.25, 0.3) is 0 Å². The molecular formula is C19H24N2O4. The van der Waals surface area contributed by atoms with Gasteiger partial charge in [-0.3, -0.25) is 9.59 Å². The van der Waals surface area contributed by atoms with Gasteiger partial charge in [-0.2, -0.15) is 0 Å². The Labute approximate surface area is 147 Å². The van der Waals surface area contributed by atoms with Gasteiger partial charge in [0.15, 0.2) is 0 Å². The van der Waals surface area contributed by atoms with Gasteiger partial charge in [0.05, 0.1) is 5.56 Å². The number of aromatic carboxylic acids is 1. The first-order valence-corrected chi connectivity index (χ1v) is 8.94. The summed E-state index contributed by atoms with van der Waals surface area (Å²) in [6.07, 6.45) is 4.30. The highest BCUT2D eigenvalue weighted by molar-refractivity contribution is 5.89. The maximum absolute atomic E-state index is 12.2. The van der Waals surface area contributed by atoms with Crippen LogP contribution in [0.2, 0.25) is 0 Å². The van der Waals surface area contributed by atoms with Crippen LogP contribution in [0.25, 0.3) is 0 Å². The highest BCUT2D eigenvalue weighted by Gasteiger charge is 2.35. The lowest BCUT2D eigenvalue weighted by atomic mass is 10.0. The SMILES string of the molecule is O=C(CCc1ccccc1C(=O)O)NC1CCN(C(=O)C2CC2)CC1. The number of carbonyl (C=O) groups excluding carboxylic acids is 2. The number of amides is 2. The standard InChI is InChI=1S/C19H24N2O4/c22-17(8-7-13-3-1-2-4-16(13)19(24)25)20-15-9-11-21(12-10-15)18(23)14-5-6-14/h1-4,14-15H,5-12H2,(H,20,22)(H,24,25). The molecule has 6 heteroatoms. The van der Waals surface area contributed by atoms with Crippen LogP contribution in [0.1, 0.15) is 48.0 Å². The molecule has 0 atom stereocenters. The quantitative estimate of drug-likeness (QED) is 0.824. The molecule has 3 rings (SSSR count). The summed E-state index contributed by atoms with van der Waals surface area (Å²) >= 11 is 0. The van der Waals surface area contributed by atoms with Gasteiger partial charge in [-0.25, -0.2) is 4.79 Å². The fraction of sp³-hybridized carbons (Fsp3) is 0.526. The fourth-order valence-electron chi connectivity index (χ4n) is 3.33. The van der Waals surface area contributed by atoms with Crippen molar-refractivity contribution >= 4 is 17.8 Å². The third-order valence-corrected chi connectivity index (χ3v) is 4.97. The van der Waals surface area contributed by atoms with Gasteiger partial charge in [-0.15, -0.1) is 0 Å². The lowest BCUT2D eigenvalue weighted by Gasteiger charge is -2.32. The van der Waals surface area contributed by atoms with E-state index >= 15 is 0 Å². The van der Waals surface area contributed by atoms with Crippen molar-refractivity contribution < 1.29 is 19.5 Å². The topological polar surface area (TPSA) is 86.7 Å². The Hall–Kier alpha value is -2.37. The molecule has 2 N–H and O–H groups in total. The van der Waals surface area contributed by atoms with Gasteiger partial charge in [-0.05, 0) is 43.7 Å². The molecule has 0 bridgehead atoms. The summed E-state index contributed by atoms with van der Waals surface area (Å²) in [6, 6.07) is 6.88. The van der Waals surface area contributed by atoms with Crippen LogP contribution >= 0.6 is 0 Å². The maximum atomic E-state index is 12.2. The van der Waals surface area contributed by atoms with E-state index in [-0.39, 0.29) is 35.8 Å². The molecular weight excluding hydrogens is 320 g/mol. The first-order valence-electron chi connectivity index (χ1n) is 8.94. The zero-order valence-corrected chi connectivity index (χ0v) is 14.2. The summed E-state index contributed by atoms with van der Waals surface area (Å²) in [6.45, 7) is 1.42. The minimum absolute atomic E-state index is 0.0628. The molecule has 2 aliphatic rings. The van der Waals surface area contributed by atoms with Crippen LogP contribution in [0, 0.1) is 5.92 Å². The van der Waals surface area contributed by atoms with Gasteiger partial charge in [-0.1, -0.05) is 18.2 Å². The maximum Gasteiger partial charge on any atom is 0.335 e. The van der Waals surface area contributed by atoms with E-state index in [2.05, 4.69) is 5.32 Å². The number of hydrogen-bond acceptors (Lipinski definition) is 3. The van der Waals surface area contributed by atoms with Crippen LogP contribution < -0.4 is 5.32 Å². The number of nitrogens with one attached hydrogen (secondary N) is 1. The Kier molecular flexibility index (Phi) is 5.36. The number of nitrogens with zero attached hydrogens (tertiary/aromatic N) is 1. The van der Waals surface area contributed by atoms with Crippen molar-refractivity contribution in [3.8, 4) is 0 Å². The third kappa shape index (κ3) is 4.59. The van der Waals surface area contributed by atoms with Crippen molar-refractivity contribution in [2.24, 2.45) is 5.92 Å². The van der Waals surface area contributed by atoms with Gasteiger partial charge in [0.2, 0.25) is 11.8 Å². The van der Waals surface area contributed by atoms with Crippen LogP contribution in [0.3, 0.4) is 0 Å². The fourth-order valence-corrected chi connectivity index (χ4v) is 3.33. The molecule has 1 heterocycles. The van der Waals surface area contributed by atoms with Crippen molar-refractivity contribution in [2.75, 3.05) is 13.1 Å². The number of carboxylic acid groups (broad SMARTS) is 1. The largest absolute Gasteiger partial charge is 0.478 e. The number of carboxylic acids is 1. The monoisotopic (exact) mass is 344 g/mol. The van der Waals surface area contributed by atoms with Crippen molar-refractivity contribution in [3.63, 3.8) is 0 Å². The molecule has 2 amide bonds. The average Bonchev–Trinajstić information content (AvgIpc) is 3.45. The molecule has 25 heavy (non-hydrogen) atoms. The predicted octanol–water partition coefficient (Wildman–Crippen LogP) is 1.83. The zero-order chi connectivity index (χ0) is 17.8. The summed E-state index contributed by atoms with van der Waals surface area (Å²) in [5.41, 5.74) is 0.928. The number of piperidine rings is 1. The molecule has 1 aliphatic heterocycles. The second kappa shape index (κ2) is 7.68. The summed E-state index contributed by atoms with van der Waals surface area (Å²) in [4.78, 5) is 37.3. The molecule has 1 aromatic rings. The van der Waals surface area contributed by atoms with E-state index in [1.165, 1.54) is 0 Å². The van der Waals surface area contributed by atoms with E-state index in [1.807, 2.05) is 4.90 Å². The van der Waals surface area contributed by atoms with Gasteiger partial charge >= 0.3 is 5.97 Å². The normalized spacial score (nSPS) is 18.0. The van der Waals surface area contributed by atoms with E-state index in [0.717, 1.165) is 25.7 Å². The molecule has 134 valence electrons. The van der Waals surface area contributed by atoms with Gasteiger partial charge < -0.3 is 15.3 Å². The Balaban J connectivity index is 1.43. The third-order valence-electron chi connectivity index (χ3n) is 4.97. The molecule has 1 aromatic carbocycles. The van der Waals surface area contributed by atoms with E-state index in [9.17, 15) is 19.5 Å². The van der Waals surface area contributed by atoms with E-state index in [4.69, 9.17) is 0 Å². The first-order chi connectivity index (χ1) is 12.0. The minimum Gasteiger partial charge on any atom is -0.478 e. The Morgan fingerprint density at radius 2 is 1.76 bits per heavy atom.